The Balaban J connectivity index is 1.71. The molecule has 3 aliphatic heterocycles. The van der Waals surface area contributed by atoms with Crippen LogP contribution in [0.1, 0.15) is 126 Å². The zero-order valence-corrected chi connectivity index (χ0v) is 45.1. The first kappa shape index (κ1) is 62.1. The van der Waals surface area contributed by atoms with Crippen LogP contribution in [0.4, 0.5) is 0 Å². The third-order valence-electron chi connectivity index (χ3n) is 15.4. The minimum Gasteiger partial charge on any atom is -0.460 e. The summed E-state index contributed by atoms with van der Waals surface area (Å²) in [6.07, 6.45) is 11.3. The summed E-state index contributed by atoms with van der Waals surface area (Å²) in [7, 11) is 3.00. The molecule has 3 fully saturated rings. The monoisotopic (exact) mass is 1030 g/mol. The second kappa shape index (κ2) is 30.9. The number of amides is 1. The van der Waals surface area contributed by atoms with Gasteiger partial charge in [-0.1, -0.05) is 71.1 Å². The number of ketones is 3. The van der Waals surface area contributed by atoms with Gasteiger partial charge in [0.25, 0.3) is 11.7 Å². The summed E-state index contributed by atoms with van der Waals surface area (Å²) in [4.78, 5) is 72.6. The quantitative estimate of drug-likeness (QED) is 0.0720. The first-order valence-electron chi connectivity index (χ1n) is 26.8. The SMILES string of the molecule is CO[C@@H]1C[C@H](C[C@@H](C)[C@@H]2CC(=O)[C@H](C)/C=C(\C)[C@@H](O)[C@@H](OC)C(=O)[C@H](C)C[C@H](C)/C=C/C=C/C=C(\C)C(OCCOCCO)C[C@@H]3CC[C@@H](C)[C@@](O)(O3)C(=O)C(=O)N3CCCC[C@H]3C(=O)O2)CC[C@H]1OCCO. The normalized spacial score (nSPS) is 37.3. The van der Waals surface area contributed by atoms with Crippen LogP contribution in [-0.4, -0.2) is 170 Å². The molecule has 3 heterocycles. The van der Waals surface area contributed by atoms with Gasteiger partial charge in [-0.15, -0.1) is 0 Å². The van der Waals surface area contributed by atoms with E-state index in [1.54, 1.807) is 40.9 Å². The van der Waals surface area contributed by atoms with Crippen LogP contribution >= 0.6 is 0 Å². The summed E-state index contributed by atoms with van der Waals surface area (Å²) in [5.41, 5.74) is 1.19. The predicted molar refractivity (Wildman–Crippen MR) is 273 cm³/mol. The molecule has 0 spiro atoms. The van der Waals surface area contributed by atoms with Crippen molar-refractivity contribution in [2.24, 2.45) is 35.5 Å². The number of hydrogen-bond acceptors (Lipinski definition) is 16. The molecule has 2 saturated heterocycles. The lowest BCUT2D eigenvalue weighted by Crippen LogP contribution is -2.61. The van der Waals surface area contributed by atoms with Gasteiger partial charge in [0.05, 0.1) is 64.1 Å². The first-order valence-corrected chi connectivity index (χ1v) is 26.8. The van der Waals surface area contributed by atoms with Crippen molar-refractivity contribution in [1.29, 1.82) is 0 Å². The van der Waals surface area contributed by atoms with Crippen molar-refractivity contribution in [3.05, 3.63) is 47.6 Å². The van der Waals surface area contributed by atoms with E-state index in [0.717, 1.165) is 12.0 Å². The summed E-state index contributed by atoms with van der Waals surface area (Å²) < 4.78 is 41.6. The number of allylic oxidation sites excluding steroid dienone is 6. The number of hydrogen-bond donors (Lipinski definition) is 4. The number of methoxy groups -OCH3 is 2. The second-order valence-electron chi connectivity index (χ2n) is 21.1. The molecule has 0 radical (unpaired) electrons. The van der Waals surface area contributed by atoms with Gasteiger partial charge in [0.1, 0.15) is 30.1 Å². The zero-order valence-electron chi connectivity index (χ0n) is 45.1. The van der Waals surface area contributed by atoms with Gasteiger partial charge in [-0.2, -0.15) is 0 Å². The number of fused-ring (bicyclic) bond motifs is 3. The smallest absolute Gasteiger partial charge is 0.329 e. The standard InChI is InChI=1S/C56H89NO16/c1-35-15-11-10-12-16-36(2)47(71-28-27-69-25-23-58)33-43-20-18-41(7)56(66,73-43)53(63)54(64)57-22-14-13-17-44(57)55(65)72-48(38(4)31-42-19-21-46(70-26-24-59)49(32-42)67-8)34-45(60)37(3)30-40(6)51(62)52(68-9)50(61)39(5)29-35/h10-12,15-16,30,35,37-39,41-44,46-49,51-52,58-59,62,66H,13-14,17-29,31-34H2,1-9H3/b12-10+,15-11+,36-16+,40-30+/t35-,37-,38-,39-,41-,42+,43+,44+,46-,47?,48+,49-,51-,52+,56-/m1/s1. The van der Waals surface area contributed by atoms with E-state index in [0.29, 0.717) is 56.9 Å². The molecule has 4 N–H and O–H groups in total. The number of piperidine rings is 1. The van der Waals surface area contributed by atoms with E-state index in [2.05, 4.69) is 0 Å². The Morgan fingerprint density at radius 3 is 2.25 bits per heavy atom. The number of nitrogens with zero attached hydrogens (tertiary/aromatic N) is 1. The van der Waals surface area contributed by atoms with Crippen molar-refractivity contribution >= 4 is 29.2 Å². The number of esters is 1. The molecule has 17 heteroatoms. The highest BCUT2D eigenvalue weighted by molar-refractivity contribution is 6.39. The summed E-state index contributed by atoms with van der Waals surface area (Å²) in [5, 5.41) is 42.2. The molecule has 414 valence electrons. The van der Waals surface area contributed by atoms with Crippen molar-refractivity contribution in [3.8, 4) is 0 Å². The van der Waals surface area contributed by atoms with E-state index < -0.39 is 77.8 Å². The van der Waals surface area contributed by atoms with E-state index in [-0.39, 0.29) is 107 Å². The highest BCUT2D eigenvalue weighted by atomic mass is 16.6. The molecule has 1 amide bonds. The number of Topliss-reactive ketones (excluding diaryl/α,β-unsaturated/α-hetero) is 3. The molecular formula is C56H89NO16. The molecule has 17 nitrogen and oxygen atoms in total. The lowest BCUT2D eigenvalue weighted by molar-refractivity contribution is -0.266. The third-order valence-corrected chi connectivity index (χ3v) is 15.4. The van der Waals surface area contributed by atoms with Crippen LogP contribution in [0.15, 0.2) is 47.6 Å². The highest BCUT2D eigenvalue weighted by Crippen LogP contribution is 2.38. The van der Waals surface area contributed by atoms with Gasteiger partial charge < -0.3 is 58.5 Å². The molecule has 1 saturated carbocycles. The highest BCUT2D eigenvalue weighted by Gasteiger charge is 2.53. The zero-order chi connectivity index (χ0) is 53.8. The molecular weight excluding hydrogens is 943 g/mol. The third kappa shape index (κ3) is 18.1. The molecule has 0 aromatic carbocycles. The Bertz CT molecular complexity index is 1900. The van der Waals surface area contributed by atoms with Crippen LogP contribution < -0.4 is 0 Å². The van der Waals surface area contributed by atoms with Gasteiger partial charge in [-0.25, -0.2) is 4.79 Å². The van der Waals surface area contributed by atoms with E-state index in [1.165, 1.54) is 12.0 Å². The fourth-order valence-electron chi connectivity index (χ4n) is 10.8. The van der Waals surface area contributed by atoms with Gasteiger partial charge in [0.2, 0.25) is 5.79 Å². The van der Waals surface area contributed by atoms with E-state index in [9.17, 15) is 44.4 Å². The van der Waals surface area contributed by atoms with E-state index in [1.807, 2.05) is 51.2 Å². The van der Waals surface area contributed by atoms with Crippen molar-refractivity contribution < 1.29 is 77.6 Å². The molecule has 4 aliphatic rings. The van der Waals surface area contributed by atoms with Crippen LogP contribution in [0.5, 0.6) is 0 Å². The minimum absolute atomic E-state index is 0.0182. The lowest BCUT2D eigenvalue weighted by atomic mass is 9.78. The van der Waals surface area contributed by atoms with Gasteiger partial charge in [-0.05, 0) is 107 Å². The van der Waals surface area contributed by atoms with Crippen molar-refractivity contribution in [3.63, 3.8) is 0 Å². The second-order valence-corrected chi connectivity index (χ2v) is 21.1. The Kier molecular flexibility index (Phi) is 26.3. The topological polar surface area (TPSA) is 234 Å². The Hall–Kier alpha value is -3.49. The molecule has 2 bridgehead atoms. The number of carbonyl (C=O) groups is 5. The van der Waals surface area contributed by atoms with Crippen molar-refractivity contribution in [2.45, 2.75) is 180 Å². The summed E-state index contributed by atoms with van der Waals surface area (Å²) in [5.74, 6) is -8.28. The molecule has 15 atom stereocenters. The largest absolute Gasteiger partial charge is 0.460 e. The number of carbonyl (C=O) groups excluding carboxylic acids is 5. The van der Waals surface area contributed by atoms with E-state index >= 15 is 0 Å². The van der Waals surface area contributed by atoms with Crippen LogP contribution in [0, 0.1) is 35.5 Å². The van der Waals surface area contributed by atoms with Gasteiger partial charge >= 0.3 is 5.97 Å². The molecule has 1 aliphatic carbocycles. The molecule has 73 heavy (non-hydrogen) atoms. The fraction of sp³-hybridized carbons (Fsp3) is 0.768. The van der Waals surface area contributed by atoms with E-state index in [4.69, 9.17) is 33.2 Å². The molecule has 1 unspecified atom stereocenters. The maximum atomic E-state index is 14.5. The fourth-order valence-corrected chi connectivity index (χ4v) is 10.8. The number of rotatable bonds is 14. The summed E-state index contributed by atoms with van der Waals surface area (Å²) in [6, 6.07) is -1.17. The number of ether oxygens (including phenoxy) is 7. The maximum Gasteiger partial charge on any atom is 0.329 e. The van der Waals surface area contributed by atoms with Crippen LogP contribution in [0.2, 0.25) is 0 Å². The number of aliphatic hydroxyl groups is 4. The van der Waals surface area contributed by atoms with Gasteiger partial charge in [0.15, 0.2) is 5.78 Å². The molecule has 0 aromatic heterocycles. The van der Waals surface area contributed by atoms with Crippen molar-refractivity contribution in [2.75, 3.05) is 60.4 Å². The Labute approximate surface area is 434 Å². The summed E-state index contributed by atoms with van der Waals surface area (Å²) in [6.45, 7) is 13.2. The van der Waals surface area contributed by atoms with Crippen LogP contribution in [-0.2, 0) is 57.1 Å². The Morgan fingerprint density at radius 1 is 0.808 bits per heavy atom. The van der Waals surface area contributed by atoms with Gasteiger partial charge in [0, 0.05) is 51.4 Å². The number of aliphatic hydroxyl groups excluding tert-OH is 3. The Morgan fingerprint density at radius 2 is 1.55 bits per heavy atom. The average molecular weight is 1030 g/mol. The lowest BCUT2D eigenvalue weighted by Gasteiger charge is -2.43. The minimum atomic E-state index is -2.49. The van der Waals surface area contributed by atoms with Crippen LogP contribution in [0.3, 0.4) is 0 Å². The molecule has 4 rings (SSSR count). The van der Waals surface area contributed by atoms with Gasteiger partial charge in [-0.3, -0.25) is 19.2 Å². The van der Waals surface area contributed by atoms with Crippen molar-refractivity contribution in [1.82, 2.24) is 4.90 Å². The first-order chi connectivity index (χ1) is 34.8. The molecule has 0 aromatic rings. The van der Waals surface area contributed by atoms with Crippen LogP contribution in [0.25, 0.3) is 0 Å². The average Bonchev–Trinajstić information content (AvgIpc) is 3.37. The maximum absolute atomic E-state index is 14.5. The summed E-state index contributed by atoms with van der Waals surface area (Å²) >= 11 is 0. The number of cyclic esters (lactones) is 1. The predicted octanol–water partition coefficient (Wildman–Crippen LogP) is 5.58.